The van der Waals surface area contributed by atoms with Crippen molar-refractivity contribution in [2.45, 2.75) is 25.9 Å². The van der Waals surface area contributed by atoms with Gasteiger partial charge in [-0.25, -0.2) is 0 Å². The van der Waals surface area contributed by atoms with Crippen molar-refractivity contribution in [1.82, 2.24) is 4.40 Å². The molecule has 0 aromatic carbocycles. The summed E-state index contributed by atoms with van der Waals surface area (Å²) < 4.78 is 38.7. The van der Waals surface area contributed by atoms with Crippen LogP contribution in [0.5, 0.6) is 0 Å². The van der Waals surface area contributed by atoms with Crippen LogP contribution in [0.3, 0.4) is 0 Å². The molecule has 114 valence electrons. The fraction of sp³-hybridized carbons (Fsp3) is 0.250. The van der Waals surface area contributed by atoms with Gasteiger partial charge in [0.2, 0.25) is 0 Å². The van der Waals surface area contributed by atoms with E-state index in [0.717, 1.165) is 11.3 Å². The molecule has 0 aliphatic rings. The molecular weight excluding hydrogens is 293 g/mol. The summed E-state index contributed by atoms with van der Waals surface area (Å²) in [5.41, 5.74) is 2.90. The number of hydrogen-bond donors (Lipinski definition) is 0. The maximum Gasteiger partial charge on any atom is 0.454 e. The van der Waals surface area contributed by atoms with Gasteiger partial charge in [-0.15, -0.1) is 0 Å². The number of ketones is 1. The van der Waals surface area contributed by atoms with Gasteiger partial charge in [0.25, 0.3) is 5.78 Å². The lowest BCUT2D eigenvalue weighted by molar-refractivity contribution is -0.165. The van der Waals surface area contributed by atoms with Gasteiger partial charge in [-0.1, -0.05) is 6.07 Å². The molecule has 0 unspecified atom stereocenters. The van der Waals surface area contributed by atoms with E-state index in [9.17, 15) is 18.0 Å². The van der Waals surface area contributed by atoms with Gasteiger partial charge in [-0.2, -0.15) is 18.4 Å². The number of carbonyl (C=O) groups excluding carboxylic acids is 1. The Morgan fingerprint density at radius 2 is 2.14 bits per heavy atom. The fourth-order valence-corrected chi connectivity index (χ4v) is 2.37. The minimum Gasteiger partial charge on any atom is -0.320 e. The minimum atomic E-state index is -4.87. The van der Waals surface area contributed by atoms with Gasteiger partial charge in [0.1, 0.15) is 0 Å². The van der Waals surface area contributed by atoms with Crippen LogP contribution in [-0.2, 0) is 11.2 Å². The van der Waals surface area contributed by atoms with Crippen molar-refractivity contribution in [3.63, 3.8) is 0 Å². The molecule has 0 radical (unpaired) electrons. The van der Waals surface area contributed by atoms with E-state index in [1.54, 1.807) is 31.3 Å². The molecule has 0 bridgehead atoms. The number of allylic oxidation sites excluding steroid dienone is 1. The fourth-order valence-electron chi connectivity index (χ4n) is 2.37. The quantitative estimate of drug-likeness (QED) is 0.805. The molecule has 0 spiro atoms. The van der Waals surface area contributed by atoms with Crippen LogP contribution >= 0.6 is 0 Å². The highest BCUT2D eigenvalue weighted by Gasteiger charge is 2.36. The second-order valence-corrected chi connectivity index (χ2v) is 4.79. The zero-order valence-electron chi connectivity index (χ0n) is 11.8. The third kappa shape index (κ3) is 3.03. The van der Waals surface area contributed by atoms with Gasteiger partial charge >= 0.3 is 6.18 Å². The van der Waals surface area contributed by atoms with Gasteiger partial charge < -0.3 is 4.40 Å². The molecule has 0 aliphatic carbocycles. The Kier molecular flexibility index (Phi) is 4.36. The molecule has 0 N–H and O–H groups in total. The molecule has 6 heteroatoms. The molecule has 0 aliphatic heterocycles. The number of carbonyl (C=O) groups is 1. The van der Waals surface area contributed by atoms with Gasteiger partial charge in [-0.05, 0) is 36.8 Å². The first kappa shape index (κ1) is 15.8. The Morgan fingerprint density at radius 1 is 1.41 bits per heavy atom. The Bertz CT molecular complexity index is 779. The normalized spacial score (nSPS) is 12.0. The molecule has 2 rings (SSSR count). The number of nitrogens with zero attached hydrogens (tertiary/aromatic N) is 2. The molecule has 22 heavy (non-hydrogen) atoms. The maximum absolute atomic E-state index is 12.3. The summed E-state index contributed by atoms with van der Waals surface area (Å²) in [5.74, 6) is -1.89. The number of fused-ring (bicyclic) bond motifs is 1. The van der Waals surface area contributed by atoms with E-state index in [-0.39, 0.29) is 0 Å². The monoisotopic (exact) mass is 306 g/mol. The van der Waals surface area contributed by atoms with E-state index in [1.165, 1.54) is 6.08 Å². The first-order valence-corrected chi connectivity index (χ1v) is 6.61. The highest BCUT2D eigenvalue weighted by atomic mass is 19.4. The van der Waals surface area contributed by atoms with Gasteiger partial charge in [0.05, 0.1) is 11.6 Å². The SMILES string of the molecule is Cc1c(/C=C/C(=O)C(F)(F)F)c2ccccn2c1CCC#N. The summed E-state index contributed by atoms with van der Waals surface area (Å²) in [4.78, 5) is 11.0. The van der Waals surface area contributed by atoms with Gasteiger partial charge in [0.15, 0.2) is 0 Å². The summed E-state index contributed by atoms with van der Waals surface area (Å²) in [6, 6.07) is 7.39. The Labute approximate surface area is 125 Å². The third-order valence-electron chi connectivity index (χ3n) is 3.42. The minimum absolute atomic E-state index is 0.312. The lowest BCUT2D eigenvalue weighted by atomic mass is 10.1. The van der Waals surface area contributed by atoms with E-state index in [1.807, 2.05) is 4.40 Å². The zero-order chi connectivity index (χ0) is 16.3. The third-order valence-corrected chi connectivity index (χ3v) is 3.42. The van der Waals surface area contributed by atoms with Crippen molar-refractivity contribution in [3.8, 4) is 6.07 Å². The predicted molar refractivity (Wildman–Crippen MR) is 76.2 cm³/mol. The van der Waals surface area contributed by atoms with Crippen LogP contribution in [0.2, 0.25) is 0 Å². The van der Waals surface area contributed by atoms with Crippen LogP contribution in [0.4, 0.5) is 13.2 Å². The van der Waals surface area contributed by atoms with Crippen molar-refractivity contribution < 1.29 is 18.0 Å². The van der Waals surface area contributed by atoms with E-state index in [4.69, 9.17) is 5.26 Å². The van der Waals surface area contributed by atoms with Crippen molar-refractivity contribution in [1.29, 1.82) is 5.26 Å². The molecule has 0 atom stereocenters. The first-order valence-electron chi connectivity index (χ1n) is 6.61. The summed E-state index contributed by atoms with van der Waals surface area (Å²) in [6.45, 7) is 1.78. The number of pyridine rings is 1. The van der Waals surface area contributed by atoms with E-state index in [0.29, 0.717) is 30.0 Å². The molecule has 0 fully saturated rings. The smallest absolute Gasteiger partial charge is 0.320 e. The maximum atomic E-state index is 12.3. The molecule has 2 heterocycles. The van der Waals surface area contributed by atoms with Crippen molar-refractivity contribution in [2.75, 3.05) is 0 Å². The van der Waals surface area contributed by atoms with Gasteiger partial charge in [0, 0.05) is 30.3 Å². The molecule has 0 saturated heterocycles. The van der Waals surface area contributed by atoms with Crippen molar-refractivity contribution in [2.24, 2.45) is 0 Å². The van der Waals surface area contributed by atoms with Crippen LogP contribution in [0.1, 0.15) is 23.2 Å². The highest BCUT2D eigenvalue weighted by molar-refractivity contribution is 5.98. The summed E-state index contributed by atoms with van der Waals surface area (Å²) >= 11 is 0. The van der Waals surface area contributed by atoms with E-state index in [2.05, 4.69) is 6.07 Å². The Hall–Kier alpha value is -2.55. The Balaban J connectivity index is 2.50. The molecule has 3 nitrogen and oxygen atoms in total. The first-order chi connectivity index (χ1) is 10.4. The van der Waals surface area contributed by atoms with Crippen LogP contribution in [0.15, 0.2) is 30.5 Å². The zero-order valence-corrected chi connectivity index (χ0v) is 11.8. The number of nitriles is 1. The largest absolute Gasteiger partial charge is 0.454 e. The highest BCUT2D eigenvalue weighted by Crippen LogP contribution is 2.26. The predicted octanol–water partition coefficient (Wildman–Crippen LogP) is 3.85. The topological polar surface area (TPSA) is 45.3 Å². The number of alkyl halides is 3. The molecular formula is C16H13F3N2O. The molecule has 0 amide bonds. The molecule has 2 aromatic rings. The summed E-state index contributed by atoms with van der Waals surface area (Å²) in [6.07, 6.45) is -0.539. The van der Waals surface area contributed by atoms with Crippen LogP contribution in [0, 0.1) is 18.3 Å². The average Bonchev–Trinajstić information content (AvgIpc) is 2.73. The van der Waals surface area contributed by atoms with Crippen LogP contribution < -0.4 is 0 Å². The number of rotatable bonds is 4. The number of hydrogen-bond acceptors (Lipinski definition) is 2. The standard InChI is InChI=1S/C16H13F3N2O/c1-11-12(7-8-15(22)16(17,18)19)14-5-2-3-10-21(14)13(11)6-4-9-20/h2-3,5,7-8,10H,4,6H2,1H3/b8-7+. The number of aromatic nitrogens is 1. The number of halogens is 3. The average molecular weight is 306 g/mol. The second kappa shape index (κ2) is 6.06. The second-order valence-electron chi connectivity index (χ2n) is 4.79. The van der Waals surface area contributed by atoms with Gasteiger partial charge in [-0.3, -0.25) is 4.79 Å². The lowest BCUT2D eigenvalue weighted by Crippen LogP contribution is -2.19. The van der Waals surface area contributed by atoms with Crippen molar-refractivity contribution >= 4 is 17.4 Å². The molecule has 2 aromatic heterocycles. The molecule has 0 saturated carbocycles. The lowest BCUT2D eigenvalue weighted by Gasteiger charge is -2.00. The Morgan fingerprint density at radius 3 is 2.77 bits per heavy atom. The van der Waals surface area contributed by atoms with Crippen LogP contribution in [-0.4, -0.2) is 16.4 Å². The van der Waals surface area contributed by atoms with E-state index >= 15 is 0 Å². The number of aryl methyl sites for hydroxylation is 1. The summed E-state index contributed by atoms with van der Waals surface area (Å²) in [5, 5.41) is 8.72. The van der Waals surface area contributed by atoms with Crippen LogP contribution in [0.25, 0.3) is 11.6 Å². The summed E-state index contributed by atoms with van der Waals surface area (Å²) in [7, 11) is 0. The van der Waals surface area contributed by atoms with Crippen molar-refractivity contribution in [3.05, 3.63) is 47.3 Å². The van der Waals surface area contributed by atoms with E-state index < -0.39 is 12.0 Å².